The largest absolute Gasteiger partial charge is 0.465 e. The lowest BCUT2D eigenvalue weighted by Crippen LogP contribution is -2.01. The van der Waals surface area contributed by atoms with Crippen molar-refractivity contribution in [2.75, 3.05) is 12.4 Å². The Hall–Kier alpha value is -2.47. The molecule has 0 radical (unpaired) electrons. The number of anilines is 2. The fourth-order valence-electron chi connectivity index (χ4n) is 2.53. The highest BCUT2D eigenvalue weighted by Gasteiger charge is 2.20. The fourth-order valence-corrected chi connectivity index (χ4v) is 3.60. The average molecular weight is 327 g/mol. The number of aryl methyl sites for hydroxylation is 2. The molecule has 0 aliphatic rings. The summed E-state index contributed by atoms with van der Waals surface area (Å²) in [5, 5.41) is 4.25. The zero-order valence-electron chi connectivity index (χ0n) is 13.2. The third-order valence-corrected chi connectivity index (χ3v) is 4.93. The second-order valence-electron chi connectivity index (χ2n) is 5.09. The van der Waals surface area contributed by atoms with E-state index >= 15 is 0 Å². The molecule has 0 bridgehead atoms. The van der Waals surface area contributed by atoms with E-state index in [0.29, 0.717) is 10.7 Å². The van der Waals surface area contributed by atoms with Gasteiger partial charge in [0.1, 0.15) is 21.9 Å². The number of nitrogens with one attached hydrogen (secondary N) is 1. The van der Waals surface area contributed by atoms with Crippen LogP contribution in [0.25, 0.3) is 10.2 Å². The number of rotatable bonds is 4. The molecule has 5 nitrogen and oxygen atoms in total. The van der Waals surface area contributed by atoms with Gasteiger partial charge in [-0.3, -0.25) is 0 Å². The van der Waals surface area contributed by atoms with E-state index < -0.39 is 0 Å². The normalized spacial score (nSPS) is 10.7. The number of ether oxygens (including phenoxy) is 1. The van der Waals surface area contributed by atoms with Crippen LogP contribution in [0.15, 0.2) is 30.6 Å². The number of nitrogens with zero attached hydrogens (tertiary/aromatic N) is 2. The van der Waals surface area contributed by atoms with Crippen LogP contribution in [0, 0.1) is 6.92 Å². The molecular weight excluding hydrogens is 310 g/mol. The Bertz CT molecular complexity index is 873. The Morgan fingerprint density at radius 1 is 1.30 bits per heavy atom. The highest BCUT2D eigenvalue weighted by Crippen LogP contribution is 2.35. The van der Waals surface area contributed by atoms with Crippen molar-refractivity contribution >= 4 is 39.0 Å². The summed E-state index contributed by atoms with van der Waals surface area (Å²) in [7, 11) is 1.38. The molecule has 1 N–H and O–H groups in total. The number of carbonyl (C=O) groups is 1. The number of benzene rings is 1. The Morgan fingerprint density at radius 2 is 2.09 bits per heavy atom. The second-order valence-corrected chi connectivity index (χ2v) is 6.08. The molecule has 6 heteroatoms. The van der Waals surface area contributed by atoms with Crippen molar-refractivity contribution in [1.82, 2.24) is 9.97 Å². The maximum absolute atomic E-state index is 11.9. The molecule has 0 saturated carbocycles. The molecule has 0 fully saturated rings. The zero-order valence-corrected chi connectivity index (χ0v) is 14.0. The number of hydrogen-bond donors (Lipinski definition) is 1. The van der Waals surface area contributed by atoms with Gasteiger partial charge >= 0.3 is 5.97 Å². The van der Waals surface area contributed by atoms with Crippen molar-refractivity contribution in [3.05, 3.63) is 46.6 Å². The van der Waals surface area contributed by atoms with Crippen LogP contribution >= 0.6 is 11.3 Å². The summed E-state index contributed by atoms with van der Waals surface area (Å²) in [6.07, 6.45) is 2.43. The summed E-state index contributed by atoms with van der Waals surface area (Å²) in [5.41, 5.74) is 3.06. The van der Waals surface area contributed by atoms with Crippen LogP contribution in [0.2, 0.25) is 0 Å². The molecule has 0 aliphatic heterocycles. The monoisotopic (exact) mass is 327 g/mol. The molecule has 0 unspecified atom stereocenters. The van der Waals surface area contributed by atoms with Crippen molar-refractivity contribution in [3.63, 3.8) is 0 Å². The summed E-state index contributed by atoms with van der Waals surface area (Å²) in [4.78, 5) is 21.9. The maximum atomic E-state index is 11.9. The molecule has 23 heavy (non-hydrogen) atoms. The molecule has 2 aromatic heterocycles. The van der Waals surface area contributed by atoms with Gasteiger partial charge in [-0.1, -0.05) is 25.1 Å². The van der Waals surface area contributed by atoms with Gasteiger partial charge in [0.15, 0.2) is 0 Å². The molecule has 0 saturated heterocycles. The van der Waals surface area contributed by atoms with E-state index in [0.717, 1.165) is 27.9 Å². The Morgan fingerprint density at radius 3 is 2.83 bits per heavy atom. The Balaban J connectivity index is 2.11. The van der Waals surface area contributed by atoms with Crippen LogP contribution in [0.1, 0.15) is 27.7 Å². The van der Waals surface area contributed by atoms with E-state index in [-0.39, 0.29) is 5.97 Å². The van der Waals surface area contributed by atoms with Gasteiger partial charge in [-0.2, -0.15) is 0 Å². The van der Waals surface area contributed by atoms with Crippen molar-refractivity contribution in [1.29, 1.82) is 0 Å². The second kappa shape index (κ2) is 6.34. The van der Waals surface area contributed by atoms with Crippen molar-refractivity contribution < 1.29 is 9.53 Å². The lowest BCUT2D eigenvalue weighted by molar-refractivity contribution is 0.0605. The number of hydrogen-bond acceptors (Lipinski definition) is 6. The standard InChI is InChI=1S/C17H17N3O2S/c1-4-11-7-5-6-8-12(11)20-15-13-10(2)14(17(21)22-3)23-16(13)19-9-18-15/h5-9H,4H2,1-3H3,(H,18,19,20). The molecule has 3 rings (SSSR count). The van der Waals surface area contributed by atoms with E-state index in [2.05, 4.69) is 28.3 Å². The highest BCUT2D eigenvalue weighted by molar-refractivity contribution is 7.20. The van der Waals surface area contributed by atoms with Crippen molar-refractivity contribution in [2.45, 2.75) is 20.3 Å². The van der Waals surface area contributed by atoms with Gasteiger partial charge in [-0.05, 0) is 30.5 Å². The Labute approximate surface area is 138 Å². The van der Waals surface area contributed by atoms with Crippen LogP contribution in [-0.2, 0) is 11.2 Å². The smallest absolute Gasteiger partial charge is 0.348 e. The lowest BCUT2D eigenvalue weighted by atomic mass is 10.1. The molecule has 0 atom stereocenters. The number of esters is 1. The lowest BCUT2D eigenvalue weighted by Gasteiger charge is -2.11. The van der Waals surface area contributed by atoms with Crippen LogP contribution in [0.4, 0.5) is 11.5 Å². The summed E-state index contributed by atoms with van der Waals surface area (Å²) in [5.74, 6) is 0.366. The van der Waals surface area contributed by atoms with Gasteiger partial charge < -0.3 is 10.1 Å². The third kappa shape index (κ3) is 2.77. The first-order chi connectivity index (χ1) is 11.2. The van der Waals surface area contributed by atoms with Crippen molar-refractivity contribution in [2.24, 2.45) is 0 Å². The number of aromatic nitrogens is 2. The van der Waals surface area contributed by atoms with Gasteiger partial charge in [-0.15, -0.1) is 11.3 Å². The summed E-state index contributed by atoms with van der Waals surface area (Å²) in [6, 6.07) is 8.11. The minimum Gasteiger partial charge on any atom is -0.465 e. The number of methoxy groups -OCH3 is 1. The van der Waals surface area contributed by atoms with Gasteiger partial charge in [0.25, 0.3) is 0 Å². The Kier molecular flexibility index (Phi) is 4.25. The predicted octanol–water partition coefficient (Wildman–Crippen LogP) is 4.09. The summed E-state index contributed by atoms with van der Waals surface area (Å²) in [6.45, 7) is 4.01. The van der Waals surface area contributed by atoms with Crippen LogP contribution in [0.3, 0.4) is 0 Å². The minimum atomic E-state index is -0.342. The number of carbonyl (C=O) groups excluding carboxylic acids is 1. The topological polar surface area (TPSA) is 64.1 Å². The number of para-hydroxylation sites is 1. The number of thiophene rings is 1. The molecule has 0 aliphatic carbocycles. The van der Waals surface area contributed by atoms with Crippen LogP contribution in [0.5, 0.6) is 0 Å². The van der Waals surface area contributed by atoms with Gasteiger partial charge in [0, 0.05) is 5.69 Å². The fraction of sp³-hybridized carbons (Fsp3) is 0.235. The summed E-state index contributed by atoms with van der Waals surface area (Å²) < 4.78 is 4.84. The molecule has 118 valence electrons. The molecule has 0 amide bonds. The molecule has 2 heterocycles. The summed E-state index contributed by atoms with van der Waals surface area (Å²) >= 11 is 1.33. The van der Waals surface area contributed by atoms with Crippen LogP contribution in [-0.4, -0.2) is 23.0 Å². The maximum Gasteiger partial charge on any atom is 0.348 e. The molecule has 1 aromatic carbocycles. The third-order valence-electron chi connectivity index (χ3n) is 3.75. The quantitative estimate of drug-likeness (QED) is 0.731. The van der Waals surface area contributed by atoms with Crippen LogP contribution < -0.4 is 5.32 Å². The molecular formula is C17H17N3O2S. The average Bonchev–Trinajstić information content (AvgIpc) is 2.92. The van der Waals surface area contributed by atoms with Gasteiger partial charge in [-0.25, -0.2) is 14.8 Å². The first-order valence-corrected chi connectivity index (χ1v) is 8.14. The zero-order chi connectivity index (χ0) is 16.4. The van der Waals surface area contributed by atoms with E-state index in [1.165, 1.54) is 30.3 Å². The van der Waals surface area contributed by atoms with Gasteiger partial charge in [0.05, 0.1) is 12.5 Å². The SMILES string of the molecule is CCc1ccccc1Nc1ncnc2sc(C(=O)OC)c(C)c12. The first kappa shape index (κ1) is 15.4. The van der Waals surface area contributed by atoms with E-state index in [9.17, 15) is 4.79 Å². The number of fused-ring (bicyclic) bond motifs is 1. The highest BCUT2D eigenvalue weighted by atomic mass is 32.1. The van der Waals surface area contributed by atoms with E-state index in [1.54, 1.807) is 0 Å². The minimum absolute atomic E-state index is 0.342. The first-order valence-electron chi connectivity index (χ1n) is 7.33. The van der Waals surface area contributed by atoms with Gasteiger partial charge in [0.2, 0.25) is 0 Å². The molecule has 3 aromatic rings. The van der Waals surface area contributed by atoms with E-state index in [4.69, 9.17) is 4.74 Å². The molecule has 0 spiro atoms. The van der Waals surface area contributed by atoms with E-state index in [1.807, 2.05) is 25.1 Å². The van der Waals surface area contributed by atoms with Crippen molar-refractivity contribution in [3.8, 4) is 0 Å². The predicted molar refractivity (Wildman–Crippen MR) is 92.6 cm³/mol.